The van der Waals surface area contributed by atoms with Crippen molar-refractivity contribution in [3.05, 3.63) is 0 Å². The van der Waals surface area contributed by atoms with Gasteiger partial charge in [0.25, 0.3) is 0 Å². The summed E-state index contributed by atoms with van der Waals surface area (Å²) >= 11 is 0. The Kier molecular flexibility index (Phi) is 5.95. The second-order valence-electron chi connectivity index (χ2n) is 6.26. The van der Waals surface area contributed by atoms with Gasteiger partial charge in [-0.2, -0.15) is 0 Å². The van der Waals surface area contributed by atoms with Gasteiger partial charge in [0.05, 0.1) is 6.04 Å². The van der Waals surface area contributed by atoms with Gasteiger partial charge < -0.3 is 5.32 Å². The zero-order valence-corrected chi connectivity index (χ0v) is 12.6. The lowest BCUT2D eigenvalue weighted by atomic mass is 9.95. The average Bonchev–Trinajstić information content (AvgIpc) is 2.40. The smallest absolute Gasteiger partial charge is 0.206 e. The Balaban J connectivity index is 1.91. The lowest BCUT2D eigenvalue weighted by Gasteiger charge is -2.28. The Hall–Kier alpha value is -0.770. The number of hydrogen-bond donors (Lipinski definition) is 2. The van der Waals surface area contributed by atoms with Crippen LogP contribution < -0.4 is 10.7 Å². The summed E-state index contributed by atoms with van der Waals surface area (Å²) in [5.41, 5.74) is 3.35. The minimum Gasteiger partial charge on any atom is -0.353 e. The van der Waals surface area contributed by atoms with Gasteiger partial charge in [0.1, 0.15) is 0 Å². The molecule has 2 fully saturated rings. The topological polar surface area (TPSA) is 39.7 Å². The van der Waals surface area contributed by atoms with Gasteiger partial charge in [0.2, 0.25) is 5.96 Å². The monoisotopic (exact) mass is 266 g/mol. The SMILES string of the molecule is CN(C)NC(=NC1CCCCC1)NC1CCCCC1. The minimum atomic E-state index is 0.521. The maximum atomic E-state index is 4.92. The molecule has 0 amide bonds. The Morgan fingerprint density at radius 2 is 1.47 bits per heavy atom. The molecule has 0 radical (unpaired) electrons. The molecule has 0 bridgehead atoms. The van der Waals surface area contributed by atoms with Crippen molar-refractivity contribution < 1.29 is 0 Å². The van der Waals surface area contributed by atoms with E-state index in [-0.39, 0.29) is 0 Å². The molecule has 0 spiro atoms. The first-order valence-corrected chi connectivity index (χ1v) is 8.02. The molecular weight excluding hydrogens is 236 g/mol. The molecule has 0 atom stereocenters. The highest BCUT2D eigenvalue weighted by Crippen LogP contribution is 2.21. The Labute approximate surface area is 118 Å². The van der Waals surface area contributed by atoms with Gasteiger partial charge in [-0.15, -0.1) is 0 Å². The van der Waals surface area contributed by atoms with E-state index in [0.717, 1.165) is 5.96 Å². The van der Waals surface area contributed by atoms with Gasteiger partial charge in [-0.25, -0.2) is 10.0 Å². The Bertz CT molecular complexity index is 276. The molecule has 0 aromatic heterocycles. The fourth-order valence-corrected chi connectivity index (χ4v) is 3.14. The third kappa shape index (κ3) is 5.39. The van der Waals surface area contributed by atoms with Gasteiger partial charge in [-0.1, -0.05) is 38.5 Å². The molecule has 2 aliphatic rings. The molecule has 19 heavy (non-hydrogen) atoms. The van der Waals surface area contributed by atoms with E-state index in [2.05, 4.69) is 10.7 Å². The maximum absolute atomic E-state index is 4.92. The predicted molar refractivity (Wildman–Crippen MR) is 81.1 cm³/mol. The van der Waals surface area contributed by atoms with Crippen molar-refractivity contribution in [3.8, 4) is 0 Å². The highest BCUT2D eigenvalue weighted by Gasteiger charge is 2.17. The first-order valence-electron chi connectivity index (χ1n) is 8.02. The first-order chi connectivity index (χ1) is 9.24. The van der Waals surface area contributed by atoms with Crippen LogP contribution in [0, 0.1) is 0 Å². The number of aliphatic imine (C=N–C) groups is 1. The molecule has 2 rings (SSSR count). The maximum Gasteiger partial charge on any atom is 0.206 e. The third-order valence-corrected chi connectivity index (χ3v) is 4.16. The molecule has 2 aliphatic carbocycles. The first kappa shape index (κ1) is 14.6. The van der Waals surface area contributed by atoms with E-state index < -0.39 is 0 Å². The van der Waals surface area contributed by atoms with Gasteiger partial charge in [-0.05, 0) is 25.7 Å². The second kappa shape index (κ2) is 7.73. The standard InChI is InChI=1S/C15H30N4/c1-19(2)18-15(16-13-9-5-3-6-10-13)17-14-11-7-4-8-12-14/h13-14H,3-12H2,1-2H3,(H2,16,17,18). The summed E-state index contributed by atoms with van der Waals surface area (Å²) in [5, 5.41) is 5.62. The molecular formula is C15H30N4. The molecule has 2 N–H and O–H groups in total. The number of hydrogen-bond acceptors (Lipinski definition) is 2. The lowest BCUT2D eigenvalue weighted by molar-refractivity contribution is 0.338. The molecule has 110 valence electrons. The van der Waals surface area contributed by atoms with Gasteiger partial charge >= 0.3 is 0 Å². The molecule has 4 nitrogen and oxygen atoms in total. The predicted octanol–water partition coefficient (Wildman–Crippen LogP) is 2.66. The number of guanidine groups is 1. The molecule has 0 aromatic carbocycles. The zero-order valence-electron chi connectivity index (χ0n) is 12.6. The van der Waals surface area contributed by atoms with E-state index in [1.807, 2.05) is 19.1 Å². The Morgan fingerprint density at radius 3 is 2.05 bits per heavy atom. The van der Waals surface area contributed by atoms with Crippen molar-refractivity contribution in [1.29, 1.82) is 0 Å². The van der Waals surface area contributed by atoms with Crippen molar-refractivity contribution in [2.24, 2.45) is 4.99 Å². The molecule has 0 aliphatic heterocycles. The van der Waals surface area contributed by atoms with Crippen molar-refractivity contribution in [2.45, 2.75) is 76.3 Å². The molecule has 0 unspecified atom stereocenters. The fraction of sp³-hybridized carbons (Fsp3) is 0.933. The van der Waals surface area contributed by atoms with Crippen molar-refractivity contribution >= 4 is 5.96 Å². The van der Waals surface area contributed by atoms with Crippen molar-refractivity contribution in [2.75, 3.05) is 14.1 Å². The van der Waals surface area contributed by atoms with Crippen molar-refractivity contribution in [3.63, 3.8) is 0 Å². The molecule has 0 aromatic rings. The van der Waals surface area contributed by atoms with Crippen LogP contribution in [-0.2, 0) is 0 Å². The summed E-state index contributed by atoms with van der Waals surface area (Å²) in [6, 6.07) is 1.14. The Morgan fingerprint density at radius 1 is 0.895 bits per heavy atom. The van der Waals surface area contributed by atoms with Gasteiger partial charge in [0, 0.05) is 20.1 Å². The van der Waals surface area contributed by atoms with Crippen LogP contribution >= 0.6 is 0 Å². The van der Waals surface area contributed by atoms with Gasteiger partial charge in [0.15, 0.2) is 0 Å². The van der Waals surface area contributed by atoms with Crippen LogP contribution in [0.25, 0.3) is 0 Å². The summed E-state index contributed by atoms with van der Waals surface area (Å²) in [5.74, 6) is 0.990. The van der Waals surface area contributed by atoms with E-state index in [0.29, 0.717) is 12.1 Å². The minimum absolute atomic E-state index is 0.521. The molecule has 4 heteroatoms. The third-order valence-electron chi connectivity index (χ3n) is 4.16. The van der Waals surface area contributed by atoms with Crippen LogP contribution in [0.15, 0.2) is 4.99 Å². The van der Waals surface area contributed by atoms with Crippen molar-refractivity contribution in [1.82, 2.24) is 15.8 Å². The number of rotatable bonds is 3. The number of nitrogens with zero attached hydrogens (tertiary/aromatic N) is 2. The summed E-state index contributed by atoms with van der Waals surface area (Å²) < 4.78 is 0. The summed E-state index contributed by atoms with van der Waals surface area (Å²) in [6.45, 7) is 0. The molecule has 2 saturated carbocycles. The van der Waals surface area contributed by atoms with E-state index >= 15 is 0 Å². The quantitative estimate of drug-likeness (QED) is 0.469. The summed E-state index contributed by atoms with van der Waals surface area (Å²) in [6.07, 6.45) is 13.3. The normalized spacial score (nSPS) is 23.6. The lowest BCUT2D eigenvalue weighted by Crippen LogP contribution is -2.49. The largest absolute Gasteiger partial charge is 0.353 e. The highest BCUT2D eigenvalue weighted by molar-refractivity contribution is 5.79. The fourth-order valence-electron chi connectivity index (χ4n) is 3.14. The van der Waals surface area contributed by atoms with E-state index in [1.165, 1.54) is 64.2 Å². The second-order valence-corrected chi connectivity index (χ2v) is 6.26. The van der Waals surface area contributed by atoms with E-state index in [4.69, 9.17) is 4.99 Å². The van der Waals surface area contributed by atoms with Crippen LogP contribution in [-0.4, -0.2) is 37.1 Å². The average molecular weight is 266 g/mol. The number of hydrazine groups is 1. The van der Waals surface area contributed by atoms with Crippen LogP contribution in [0.4, 0.5) is 0 Å². The summed E-state index contributed by atoms with van der Waals surface area (Å²) in [7, 11) is 4.05. The van der Waals surface area contributed by atoms with Crippen LogP contribution in [0.3, 0.4) is 0 Å². The zero-order chi connectivity index (χ0) is 13.5. The van der Waals surface area contributed by atoms with Crippen LogP contribution in [0.5, 0.6) is 0 Å². The summed E-state index contributed by atoms with van der Waals surface area (Å²) in [4.78, 5) is 4.92. The number of nitrogens with one attached hydrogen (secondary N) is 2. The molecule has 0 heterocycles. The van der Waals surface area contributed by atoms with Gasteiger partial charge in [-0.3, -0.25) is 5.43 Å². The molecule has 0 saturated heterocycles. The van der Waals surface area contributed by atoms with E-state index in [9.17, 15) is 0 Å². The van der Waals surface area contributed by atoms with Crippen LogP contribution in [0.2, 0.25) is 0 Å². The van der Waals surface area contributed by atoms with E-state index in [1.54, 1.807) is 0 Å². The van der Waals surface area contributed by atoms with Crippen LogP contribution in [0.1, 0.15) is 64.2 Å². The highest BCUT2D eigenvalue weighted by atomic mass is 15.5.